The highest BCUT2D eigenvalue weighted by Gasteiger charge is 2.02. The first-order valence-electron chi connectivity index (χ1n) is 8.40. The third-order valence-electron chi connectivity index (χ3n) is 3.74. The lowest BCUT2D eigenvalue weighted by molar-refractivity contribution is 0.372. The zero-order chi connectivity index (χ0) is 17.0. The highest BCUT2D eigenvalue weighted by Crippen LogP contribution is 2.26. The number of rotatable bonds is 8. The summed E-state index contributed by atoms with van der Waals surface area (Å²) < 4.78 is 5.11. The van der Waals surface area contributed by atoms with Gasteiger partial charge in [-0.2, -0.15) is 0 Å². The van der Waals surface area contributed by atoms with Crippen molar-refractivity contribution in [3.8, 4) is 23.3 Å². The second-order valence-corrected chi connectivity index (χ2v) is 5.66. The van der Waals surface area contributed by atoms with Crippen LogP contribution in [0.2, 0.25) is 0 Å². The maximum atomic E-state index is 9.56. The maximum absolute atomic E-state index is 9.56. The van der Waals surface area contributed by atoms with Crippen molar-refractivity contribution in [1.29, 1.82) is 0 Å². The lowest BCUT2D eigenvalue weighted by Crippen LogP contribution is -2.14. The molecule has 0 bridgehead atoms. The Morgan fingerprint density at radius 1 is 1.04 bits per heavy atom. The fourth-order valence-corrected chi connectivity index (χ4v) is 2.39. The van der Waals surface area contributed by atoms with Crippen molar-refractivity contribution in [3.05, 3.63) is 59.7 Å². The topological polar surface area (TPSA) is 41.5 Å². The first kappa shape index (κ1) is 17.9. The molecule has 0 aliphatic rings. The van der Waals surface area contributed by atoms with Crippen LogP contribution in [0.3, 0.4) is 0 Å². The molecule has 0 unspecified atom stereocenters. The Balaban J connectivity index is 1.55. The SMILES string of the molecule is COc1cc(CNCCCCCC#Cc2ccccc2)ccc1O. The van der Waals surface area contributed by atoms with Crippen LogP contribution in [0, 0.1) is 11.8 Å². The van der Waals surface area contributed by atoms with Gasteiger partial charge in [0.2, 0.25) is 0 Å². The summed E-state index contributed by atoms with van der Waals surface area (Å²) in [5, 5.41) is 13.0. The van der Waals surface area contributed by atoms with Crippen molar-refractivity contribution < 1.29 is 9.84 Å². The van der Waals surface area contributed by atoms with Crippen molar-refractivity contribution in [2.24, 2.45) is 0 Å². The maximum Gasteiger partial charge on any atom is 0.160 e. The number of phenols is 1. The standard InChI is InChI=1S/C21H25NO2/c1-24-21-16-19(13-14-20(21)23)17-22-15-9-4-2-3-6-10-18-11-7-5-8-12-18/h5,7-8,11-14,16,22-23H,2-4,9,15,17H2,1H3. The molecule has 0 amide bonds. The zero-order valence-corrected chi connectivity index (χ0v) is 14.2. The molecule has 0 spiro atoms. The Morgan fingerprint density at radius 3 is 2.67 bits per heavy atom. The molecule has 2 aromatic rings. The highest BCUT2D eigenvalue weighted by atomic mass is 16.5. The van der Waals surface area contributed by atoms with Crippen molar-refractivity contribution in [3.63, 3.8) is 0 Å². The van der Waals surface area contributed by atoms with Crippen LogP contribution in [0.25, 0.3) is 0 Å². The van der Waals surface area contributed by atoms with E-state index in [4.69, 9.17) is 4.74 Å². The Labute approximate surface area is 144 Å². The van der Waals surface area contributed by atoms with E-state index >= 15 is 0 Å². The van der Waals surface area contributed by atoms with Gasteiger partial charge in [0.25, 0.3) is 0 Å². The molecule has 0 heterocycles. The Kier molecular flexibility index (Phi) is 7.73. The molecule has 0 aliphatic carbocycles. The first-order chi connectivity index (χ1) is 11.8. The minimum Gasteiger partial charge on any atom is -0.504 e. The van der Waals surface area contributed by atoms with Crippen molar-refractivity contribution in [2.45, 2.75) is 32.2 Å². The summed E-state index contributed by atoms with van der Waals surface area (Å²) in [7, 11) is 1.56. The predicted octanol–water partition coefficient (Wildman–Crippen LogP) is 4.10. The largest absolute Gasteiger partial charge is 0.504 e. The summed E-state index contributed by atoms with van der Waals surface area (Å²) in [5.41, 5.74) is 2.20. The molecular formula is C21H25NO2. The molecule has 0 radical (unpaired) electrons. The van der Waals surface area contributed by atoms with E-state index in [-0.39, 0.29) is 5.75 Å². The molecular weight excluding hydrogens is 298 g/mol. The van der Waals surface area contributed by atoms with Crippen molar-refractivity contribution >= 4 is 0 Å². The van der Waals surface area contributed by atoms with E-state index in [1.807, 2.05) is 42.5 Å². The third kappa shape index (κ3) is 6.36. The average Bonchev–Trinajstić information content (AvgIpc) is 2.62. The fourth-order valence-electron chi connectivity index (χ4n) is 2.39. The second kappa shape index (κ2) is 10.4. The van der Waals surface area contributed by atoms with Gasteiger partial charge >= 0.3 is 0 Å². The monoisotopic (exact) mass is 323 g/mol. The van der Waals surface area contributed by atoms with Crippen LogP contribution in [0.4, 0.5) is 0 Å². The van der Waals surface area contributed by atoms with Gasteiger partial charge in [-0.15, -0.1) is 0 Å². The number of aromatic hydroxyl groups is 1. The molecule has 0 saturated carbocycles. The lowest BCUT2D eigenvalue weighted by atomic mass is 10.1. The number of unbranched alkanes of at least 4 members (excludes halogenated alkanes) is 3. The molecule has 0 fully saturated rings. The normalized spacial score (nSPS) is 10.0. The van der Waals surface area contributed by atoms with Crippen LogP contribution in [0.5, 0.6) is 11.5 Å². The summed E-state index contributed by atoms with van der Waals surface area (Å²) in [6.45, 7) is 1.76. The van der Waals surface area contributed by atoms with Gasteiger partial charge < -0.3 is 15.2 Å². The van der Waals surface area contributed by atoms with E-state index in [1.165, 1.54) is 6.42 Å². The molecule has 0 aromatic heterocycles. The van der Waals surface area contributed by atoms with Gasteiger partial charge in [-0.05, 0) is 49.2 Å². The molecule has 3 heteroatoms. The molecule has 0 saturated heterocycles. The van der Waals surface area contributed by atoms with Crippen LogP contribution in [-0.2, 0) is 6.54 Å². The number of hydrogen-bond acceptors (Lipinski definition) is 3. The molecule has 2 N–H and O–H groups in total. The first-order valence-corrected chi connectivity index (χ1v) is 8.40. The number of ether oxygens (including phenoxy) is 1. The van der Waals surface area contributed by atoms with E-state index in [0.29, 0.717) is 5.75 Å². The summed E-state index contributed by atoms with van der Waals surface area (Å²) in [6.07, 6.45) is 4.40. The molecule has 2 rings (SSSR count). The fraction of sp³-hybridized carbons (Fsp3) is 0.333. The molecule has 0 aliphatic heterocycles. The van der Waals surface area contributed by atoms with Gasteiger partial charge in [0, 0.05) is 18.5 Å². The third-order valence-corrected chi connectivity index (χ3v) is 3.74. The molecule has 3 nitrogen and oxygen atoms in total. The van der Waals surface area contributed by atoms with Gasteiger partial charge in [-0.3, -0.25) is 0 Å². The predicted molar refractivity (Wildman–Crippen MR) is 98.2 cm³/mol. The van der Waals surface area contributed by atoms with E-state index < -0.39 is 0 Å². The Hall–Kier alpha value is -2.44. The molecule has 24 heavy (non-hydrogen) atoms. The Bertz CT molecular complexity index is 671. The molecule has 2 aromatic carbocycles. The van der Waals surface area contributed by atoms with Gasteiger partial charge in [-0.25, -0.2) is 0 Å². The van der Waals surface area contributed by atoms with Crippen LogP contribution in [0.15, 0.2) is 48.5 Å². The van der Waals surface area contributed by atoms with E-state index in [1.54, 1.807) is 13.2 Å². The Morgan fingerprint density at radius 2 is 1.88 bits per heavy atom. The minimum absolute atomic E-state index is 0.179. The summed E-state index contributed by atoms with van der Waals surface area (Å²) in [4.78, 5) is 0. The van der Waals surface area contributed by atoms with Crippen LogP contribution in [-0.4, -0.2) is 18.8 Å². The minimum atomic E-state index is 0.179. The smallest absolute Gasteiger partial charge is 0.160 e. The number of benzene rings is 2. The molecule has 126 valence electrons. The summed E-state index contributed by atoms with van der Waals surface area (Å²) >= 11 is 0. The van der Waals surface area contributed by atoms with Gasteiger partial charge in [-0.1, -0.05) is 42.5 Å². The quantitative estimate of drug-likeness (QED) is 0.567. The van der Waals surface area contributed by atoms with Gasteiger partial charge in [0.15, 0.2) is 11.5 Å². The van der Waals surface area contributed by atoms with Crippen LogP contribution < -0.4 is 10.1 Å². The van der Waals surface area contributed by atoms with Crippen LogP contribution >= 0.6 is 0 Å². The van der Waals surface area contributed by atoms with E-state index in [9.17, 15) is 5.11 Å². The zero-order valence-electron chi connectivity index (χ0n) is 14.2. The number of nitrogens with one attached hydrogen (secondary N) is 1. The summed E-state index contributed by atoms with van der Waals surface area (Å²) in [6, 6.07) is 15.5. The lowest BCUT2D eigenvalue weighted by Gasteiger charge is -2.08. The number of methoxy groups -OCH3 is 1. The number of hydrogen-bond donors (Lipinski definition) is 2. The second-order valence-electron chi connectivity index (χ2n) is 5.66. The van der Waals surface area contributed by atoms with Crippen molar-refractivity contribution in [1.82, 2.24) is 5.32 Å². The van der Waals surface area contributed by atoms with Gasteiger partial charge in [0.1, 0.15) is 0 Å². The highest BCUT2D eigenvalue weighted by molar-refractivity contribution is 5.41. The molecule has 0 atom stereocenters. The van der Waals surface area contributed by atoms with Crippen molar-refractivity contribution in [2.75, 3.05) is 13.7 Å². The van der Waals surface area contributed by atoms with Crippen LogP contribution in [0.1, 0.15) is 36.8 Å². The van der Waals surface area contributed by atoms with E-state index in [0.717, 1.165) is 43.5 Å². The van der Waals surface area contributed by atoms with E-state index in [2.05, 4.69) is 17.2 Å². The number of phenolic OH excluding ortho intramolecular Hbond substituents is 1. The average molecular weight is 323 g/mol. The van der Waals surface area contributed by atoms with Gasteiger partial charge in [0.05, 0.1) is 7.11 Å². The summed E-state index contributed by atoms with van der Waals surface area (Å²) in [5.74, 6) is 7.11.